The summed E-state index contributed by atoms with van der Waals surface area (Å²) < 4.78 is 46.4. The van der Waals surface area contributed by atoms with Crippen LogP contribution in [-0.4, -0.2) is 45.2 Å². The maximum absolute atomic E-state index is 15.4. The number of aromatic amines is 1. The molecule has 0 aliphatic carbocycles. The number of nitrogens with one attached hydrogen (secondary N) is 2. The third-order valence-electron chi connectivity index (χ3n) is 5.56. The highest BCUT2D eigenvalue weighted by Crippen LogP contribution is 2.47. The van der Waals surface area contributed by atoms with Gasteiger partial charge in [-0.25, -0.2) is 18.8 Å². The summed E-state index contributed by atoms with van der Waals surface area (Å²) in [4.78, 5) is 25.4. The summed E-state index contributed by atoms with van der Waals surface area (Å²) in [5.41, 5.74) is -3.95. The second-order valence-corrected chi connectivity index (χ2v) is 10.2. The Hall–Kier alpha value is -2.30. The Bertz CT molecular complexity index is 1100. The lowest BCUT2D eigenvalue weighted by atomic mass is 9.98. The topological polar surface area (TPSA) is 132 Å². The van der Waals surface area contributed by atoms with Gasteiger partial charge in [0.2, 0.25) is 0 Å². The second-order valence-electron chi connectivity index (χ2n) is 8.50. The van der Waals surface area contributed by atoms with Crippen LogP contribution < -0.4 is 20.9 Å². The number of rotatable bonds is 9. The highest BCUT2D eigenvalue weighted by molar-refractivity contribution is 7.52. The lowest BCUT2D eigenvalue weighted by molar-refractivity contribution is -0.0593. The zero-order valence-electron chi connectivity index (χ0n) is 18.8. The molecule has 182 valence electrons. The van der Waals surface area contributed by atoms with E-state index in [1.807, 2.05) is 25.8 Å². The molecule has 3 rings (SSSR count). The van der Waals surface area contributed by atoms with E-state index in [4.69, 9.17) is 13.8 Å². The molecule has 0 amide bonds. The lowest BCUT2D eigenvalue weighted by Gasteiger charge is -2.27. The van der Waals surface area contributed by atoms with E-state index in [1.165, 1.54) is 0 Å². The molecular formula is C21H29FN3O7P. The zero-order valence-corrected chi connectivity index (χ0v) is 19.7. The van der Waals surface area contributed by atoms with Crippen LogP contribution in [0.4, 0.5) is 4.39 Å². The molecule has 0 radical (unpaired) electrons. The molecule has 1 aliphatic heterocycles. The van der Waals surface area contributed by atoms with E-state index in [0.717, 1.165) is 23.8 Å². The molecule has 1 aromatic carbocycles. The number of hydrogen-bond acceptors (Lipinski definition) is 7. The van der Waals surface area contributed by atoms with Gasteiger partial charge in [0.05, 0.1) is 6.61 Å². The number of hydrogen-bond donors (Lipinski definition) is 3. The van der Waals surface area contributed by atoms with Gasteiger partial charge >= 0.3 is 13.4 Å². The van der Waals surface area contributed by atoms with Crippen molar-refractivity contribution < 1.29 is 27.8 Å². The van der Waals surface area contributed by atoms with Gasteiger partial charge in [-0.1, -0.05) is 32.0 Å². The number of H-pyrrole nitrogens is 1. The number of benzene rings is 1. The smallest absolute Gasteiger partial charge is 0.413 e. The molecule has 1 fully saturated rings. The summed E-state index contributed by atoms with van der Waals surface area (Å²) in [6.07, 6.45) is -3.45. The molecule has 33 heavy (non-hydrogen) atoms. The number of alkyl halides is 1. The number of aliphatic hydroxyl groups is 1. The van der Waals surface area contributed by atoms with Gasteiger partial charge in [-0.15, -0.1) is 0 Å². The Morgan fingerprint density at radius 3 is 2.55 bits per heavy atom. The van der Waals surface area contributed by atoms with Crippen molar-refractivity contribution in [3.8, 4) is 5.75 Å². The maximum atomic E-state index is 15.4. The molecule has 1 aliphatic rings. The fourth-order valence-electron chi connectivity index (χ4n) is 3.24. The van der Waals surface area contributed by atoms with Crippen LogP contribution >= 0.6 is 7.75 Å². The molecule has 0 spiro atoms. The second kappa shape index (κ2) is 9.90. The van der Waals surface area contributed by atoms with Crippen LogP contribution in [0.1, 0.15) is 33.9 Å². The van der Waals surface area contributed by atoms with E-state index in [-0.39, 0.29) is 12.0 Å². The Morgan fingerprint density at radius 1 is 1.27 bits per heavy atom. The third kappa shape index (κ3) is 5.80. The van der Waals surface area contributed by atoms with Crippen LogP contribution in [0.25, 0.3) is 0 Å². The van der Waals surface area contributed by atoms with Gasteiger partial charge in [0.1, 0.15) is 18.0 Å². The molecule has 6 atom stereocenters. The number of halogens is 1. The lowest BCUT2D eigenvalue weighted by Crippen LogP contribution is -2.43. The average molecular weight is 485 g/mol. The fourth-order valence-corrected chi connectivity index (χ4v) is 4.96. The van der Waals surface area contributed by atoms with Crippen molar-refractivity contribution in [1.29, 1.82) is 0 Å². The minimum atomic E-state index is -3.96. The van der Waals surface area contributed by atoms with Crippen molar-refractivity contribution in [2.75, 3.05) is 6.61 Å². The fraction of sp³-hybridized carbons (Fsp3) is 0.524. The molecule has 0 saturated carbocycles. The van der Waals surface area contributed by atoms with Crippen molar-refractivity contribution in [2.45, 2.75) is 57.8 Å². The number of nitrogens with zero attached hydrogens (tertiary/aromatic N) is 1. The van der Waals surface area contributed by atoms with Crippen molar-refractivity contribution in [1.82, 2.24) is 14.6 Å². The predicted octanol–water partition coefficient (Wildman–Crippen LogP) is 2.36. The molecule has 0 bridgehead atoms. The summed E-state index contributed by atoms with van der Waals surface area (Å²) in [5.74, 6) is 0.394. The van der Waals surface area contributed by atoms with Gasteiger partial charge in [0.25, 0.3) is 5.56 Å². The normalized spacial score (nSPS) is 27.9. The first kappa shape index (κ1) is 25.3. The van der Waals surface area contributed by atoms with Gasteiger partial charge in [0.15, 0.2) is 11.9 Å². The largest absolute Gasteiger partial charge is 0.459 e. The molecular weight excluding hydrogens is 456 g/mol. The van der Waals surface area contributed by atoms with Gasteiger partial charge in [-0.3, -0.25) is 18.9 Å². The van der Waals surface area contributed by atoms with Crippen molar-refractivity contribution in [3.05, 3.63) is 63.4 Å². The standard InChI is InChI=1S/C21H29FN3O7P/c1-13(2)14(3)24-33(29,32-15-8-6-5-7-9-15)30-12-16-18(27)21(4,22)19(31-16)25-11-10-17(26)23-20(25)28/h5-11,13-14,16,18-19,27H,12H2,1-4H3,(H,24,29)(H,23,26,28)/t14?,16-,18?,19-,21-,33?/m1/s1. The Balaban J connectivity index is 1.80. The molecule has 2 heterocycles. The molecule has 1 aromatic heterocycles. The van der Waals surface area contributed by atoms with E-state index in [2.05, 4.69) is 5.09 Å². The van der Waals surface area contributed by atoms with Crippen LogP contribution in [0.5, 0.6) is 5.75 Å². The quantitative estimate of drug-likeness (QED) is 0.462. The van der Waals surface area contributed by atoms with Gasteiger partial charge in [-0.05, 0) is 31.9 Å². The molecule has 3 N–H and O–H groups in total. The van der Waals surface area contributed by atoms with Crippen LogP contribution in [0.3, 0.4) is 0 Å². The van der Waals surface area contributed by atoms with Crippen molar-refractivity contribution >= 4 is 7.75 Å². The predicted molar refractivity (Wildman–Crippen MR) is 119 cm³/mol. The molecule has 2 aromatic rings. The maximum Gasteiger partial charge on any atom is 0.459 e. The summed E-state index contributed by atoms with van der Waals surface area (Å²) in [6, 6.07) is 9.18. The summed E-state index contributed by atoms with van der Waals surface area (Å²) in [7, 11) is -3.96. The highest BCUT2D eigenvalue weighted by Gasteiger charge is 2.55. The van der Waals surface area contributed by atoms with Crippen LogP contribution in [0.15, 0.2) is 52.2 Å². The Labute approximate surface area is 190 Å². The first-order valence-electron chi connectivity index (χ1n) is 10.5. The van der Waals surface area contributed by atoms with E-state index in [0.29, 0.717) is 5.75 Å². The first-order valence-corrected chi connectivity index (χ1v) is 12.1. The molecule has 10 nitrogen and oxygen atoms in total. The number of para-hydroxylation sites is 1. The average Bonchev–Trinajstić information content (AvgIpc) is 2.96. The van der Waals surface area contributed by atoms with Crippen molar-refractivity contribution in [3.63, 3.8) is 0 Å². The molecule has 3 unspecified atom stereocenters. The van der Waals surface area contributed by atoms with Crippen LogP contribution in [0.2, 0.25) is 0 Å². The highest BCUT2D eigenvalue weighted by atomic mass is 31.2. The Morgan fingerprint density at radius 2 is 1.94 bits per heavy atom. The summed E-state index contributed by atoms with van der Waals surface area (Å²) >= 11 is 0. The van der Waals surface area contributed by atoms with Crippen molar-refractivity contribution in [2.24, 2.45) is 5.92 Å². The number of aliphatic hydroxyl groups excluding tert-OH is 1. The number of ether oxygens (including phenoxy) is 1. The monoisotopic (exact) mass is 485 g/mol. The Kier molecular flexibility index (Phi) is 7.60. The van der Waals surface area contributed by atoms with E-state index in [1.54, 1.807) is 30.3 Å². The zero-order chi connectivity index (χ0) is 24.4. The van der Waals surface area contributed by atoms with E-state index < -0.39 is 49.7 Å². The van der Waals surface area contributed by atoms with Gasteiger partial charge in [0, 0.05) is 18.3 Å². The summed E-state index contributed by atoms with van der Waals surface area (Å²) in [6.45, 7) is 6.24. The van der Waals surface area contributed by atoms with E-state index >= 15 is 4.39 Å². The first-order chi connectivity index (χ1) is 15.4. The minimum absolute atomic E-state index is 0.0974. The molecule has 1 saturated heterocycles. The van der Waals surface area contributed by atoms with Crippen LogP contribution in [0, 0.1) is 5.92 Å². The minimum Gasteiger partial charge on any atom is -0.413 e. The van der Waals surface area contributed by atoms with E-state index in [9.17, 15) is 19.3 Å². The SMILES string of the molecule is CC(C)C(C)NP(=O)(OC[C@H]1O[C@@H](n2ccc(=O)[nH]c2=O)[C@](C)(F)C1O)Oc1ccccc1. The summed E-state index contributed by atoms with van der Waals surface area (Å²) in [5, 5.41) is 13.4. The van der Waals surface area contributed by atoms with Gasteiger partial charge in [-0.2, -0.15) is 0 Å². The third-order valence-corrected chi connectivity index (χ3v) is 7.22. The van der Waals surface area contributed by atoms with Crippen LogP contribution in [-0.2, 0) is 13.8 Å². The number of aromatic nitrogens is 2. The molecule has 12 heteroatoms. The van der Waals surface area contributed by atoms with Gasteiger partial charge < -0.3 is 14.4 Å².